The molecule has 1 heterocycles. The molecule has 0 saturated heterocycles. The van der Waals surface area contributed by atoms with Gasteiger partial charge in [-0.25, -0.2) is 9.18 Å². The summed E-state index contributed by atoms with van der Waals surface area (Å²) in [4.78, 5) is 23.6. The van der Waals surface area contributed by atoms with E-state index < -0.39 is 6.03 Å². The van der Waals surface area contributed by atoms with Crippen LogP contribution in [-0.4, -0.2) is 27.9 Å². The maximum Gasteiger partial charge on any atom is 0.321 e. The number of nitrogens with one attached hydrogen (secondary N) is 3. The summed E-state index contributed by atoms with van der Waals surface area (Å²) in [5.74, 6) is -0.259. The molecule has 10 heteroatoms. The lowest BCUT2D eigenvalue weighted by Crippen LogP contribution is -2.39. The quantitative estimate of drug-likeness (QED) is 0.468. The molecule has 0 spiro atoms. The van der Waals surface area contributed by atoms with E-state index in [1.807, 2.05) is 30.3 Å². The van der Waals surface area contributed by atoms with E-state index in [1.54, 1.807) is 12.1 Å². The van der Waals surface area contributed by atoms with E-state index in [9.17, 15) is 14.0 Å². The van der Waals surface area contributed by atoms with Gasteiger partial charge in [0.1, 0.15) is 5.82 Å². The van der Waals surface area contributed by atoms with Gasteiger partial charge in [-0.15, -0.1) is 10.2 Å². The van der Waals surface area contributed by atoms with Crippen molar-refractivity contribution in [2.75, 3.05) is 11.1 Å². The molecule has 0 unspecified atom stereocenters. The summed E-state index contributed by atoms with van der Waals surface area (Å²) < 4.78 is 13.9. The van der Waals surface area contributed by atoms with Crippen LogP contribution in [0, 0.1) is 5.82 Å². The van der Waals surface area contributed by atoms with Gasteiger partial charge in [-0.2, -0.15) is 0 Å². The van der Waals surface area contributed by atoms with Gasteiger partial charge in [-0.05, 0) is 23.8 Å². The number of carbonyl (C=O) groups is 2. The Morgan fingerprint density at radius 2 is 1.90 bits per heavy atom. The van der Waals surface area contributed by atoms with Crippen LogP contribution in [0.3, 0.4) is 0 Å². The molecule has 3 rings (SSSR count). The van der Waals surface area contributed by atoms with Gasteiger partial charge >= 0.3 is 6.03 Å². The fourth-order valence-corrected chi connectivity index (χ4v) is 4.03. The van der Waals surface area contributed by atoms with Crippen molar-refractivity contribution in [3.8, 4) is 0 Å². The van der Waals surface area contributed by atoms with E-state index in [0.29, 0.717) is 27.5 Å². The van der Waals surface area contributed by atoms with Gasteiger partial charge < -0.3 is 10.6 Å². The lowest BCUT2D eigenvalue weighted by atomic mass is 10.2. The van der Waals surface area contributed by atoms with Crippen molar-refractivity contribution in [3.63, 3.8) is 0 Å². The zero-order chi connectivity index (χ0) is 20.5. The first-order chi connectivity index (χ1) is 14.1. The average molecular weight is 432 g/mol. The molecule has 3 aromatic rings. The largest absolute Gasteiger partial charge is 0.334 e. The third-order valence-corrected chi connectivity index (χ3v) is 5.56. The Hall–Kier alpha value is -2.98. The smallest absolute Gasteiger partial charge is 0.321 e. The molecule has 3 N–H and O–H groups in total. The van der Waals surface area contributed by atoms with Crippen LogP contribution in [0.25, 0.3) is 0 Å². The zero-order valence-corrected chi connectivity index (χ0v) is 16.9. The highest BCUT2D eigenvalue weighted by Crippen LogP contribution is 2.28. The first-order valence-corrected chi connectivity index (χ1v) is 10.5. The van der Waals surface area contributed by atoms with Crippen LogP contribution in [0.1, 0.15) is 12.0 Å². The molecular formula is C19H18FN5O2S2. The number of amides is 3. The summed E-state index contributed by atoms with van der Waals surface area (Å²) >= 11 is 2.66. The van der Waals surface area contributed by atoms with E-state index in [4.69, 9.17) is 0 Å². The number of hydrogen-bond acceptors (Lipinski definition) is 7. The topological polar surface area (TPSA) is 96.0 Å². The minimum Gasteiger partial charge on any atom is -0.334 e. The number of aromatic nitrogens is 2. The van der Waals surface area contributed by atoms with Crippen molar-refractivity contribution in [1.82, 2.24) is 20.8 Å². The summed E-state index contributed by atoms with van der Waals surface area (Å²) in [6, 6.07) is 14.9. The fraction of sp³-hybridized carbons (Fsp3) is 0.158. The highest BCUT2D eigenvalue weighted by Gasteiger charge is 2.10. The van der Waals surface area contributed by atoms with Gasteiger partial charge in [0, 0.05) is 24.4 Å². The molecule has 0 aliphatic rings. The van der Waals surface area contributed by atoms with Crippen molar-refractivity contribution in [3.05, 3.63) is 66.0 Å². The fourth-order valence-electron chi connectivity index (χ4n) is 2.25. The van der Waals surface area contributed by atoms with E-state index in [1.165, 1.54) is 35.2 Å². The summed E-state index contributed by atoms with van der Waals surface area (Å²) in [7, 11) is 0. The first kappa shape index (κ1) is 20.7. The maximum absolute atomic E-state index is 13.2. The zero-order valence-electron chi connectivity index (χ0n) is 15.2. The second kappa shape index (κ2) is 10.5. The van der Waals surface area contributed by atoms with E-state index in [-0.39, 0.29) is 18.1 Å². The molecule has 0 aliphatic carbocycles. The minimum absolute atomic E-state index is 0.162. The van der Waals surface area contributed by atoms with Crippen LogP contribution < -0.4 is 16.0 Å². The molecular weight excluding hydrogens is 413 g/mol. The number of halogens is 1. The van der Waals surface area contributed by atoms with Gasteiger partial charge in [-0.1, -0.05) is 59.5 Å². The van der Waals surface area contributed by atoms with Crippen LogP contribution in [-0.2, 0) is 11.3 Å². The van der Waals surface area contributed by atoms with Crippen molar-refractivity contribution < 1.29 is 14.0 Å². The number of rotatable bonds is 8. The third-order valence-electron chi connectivity index (χ3n) is 3.59. The monoisotopic (exact) mass is 431 g/mol. The van der Waals surface area contributed by atoms with Crippen LogP contribution in [0.15, 0.2) is 58.9 Å². The molecule has 150 valence electrons. The highest BCUT2D eigenvalue weighted by molar-refractivity contribution is 8.01. The van der Waals surface area contributed by atoms with Gasteiger partial charge in [0.15, 0.2) is 4.34 Å². The number of thioether (sulfide) groups is 1. The Morgan fingerprint density at radius 3 is 2.69 bits per heavy atom. The Balaban J connectivity index is 1.36. The minimum atomic E-state index is -0.527. The SMILES string of the molecule is O=C(CCSc1nnc(Nc2cccc(F)c2)s1)NC(=O)NCc1ccccc1. The normalized spacial score (nSPS) is 10.4. The average Bonchev–Trinajstić information content (AvgIpc) is 3.14. The number of carbonyl (C=O) groups excluding carboxylic acids is 2. The van der Waals surface area contributed by atoms with E-state index >= 15 is 0 Å². The Labute approximate surface area is 175 Å². The number of nitrogens with zero attached hydrogens (tertiary/aromatic N) is 2. The standard InChI is InChI=1S/C19H18FN5O2S2/c20-14-7-4-8-15(11-14)22-18-24-25-19(29-18)28-10-9-16(26)23-17(27)21-12-13-5-2-1-3-6-13/h1-8,11H,9-10,12H2,(H,22,24)(H2,21,23,26,27). The summed E-state index contributed by atoms with van der Waals surface area (Å²) in [6.45, 7) is 0.348. The van der Waals surface area contributed by atoms with Gasteiger partial charge in [0.25, 0.3) is 0 Å². The van der Waals surface area contributed by atoms with Crippen LogP contribution in [0.2, 0.25) is 0 Å². The molecule has 7 nitrogen and oxygen atoms in total. The Morgan fingerprint density at radius 1 is 1.07 bits per heavy atom. The second-order valence-electron chi connectivity index (χ2n) is 5.82. The molecule has 0 saturated carbocycles. The third kappa shape index (κ3) is 7.16. The van der Waals surface area contributed by atoms with Crippen molar-refractivity contribution in [1.29, 1.82) is 0 Å². The molecule has 3 amide bonds. The summed E-state index contributed by atoms with van der Waals surface area (Å²) in [6.07, 6.45) is 0.162. The summed E-state index contributed by atoms with van der Waals surface area (Å²) in [5.41, 5.74) is 1.53. The highest BCUT2D eigenvalue weighted by atomic mass is 32.2. The number of anilines is 2. The molecule has 29 heavy (non-hydrogen) atoms. The number of benzene rings is 2. The van der Waals surface area contributed by atoms with Crippen LogP contribution in [0.5, 0.6) is 0 Å². The molecule has 0 bridgehead atoms. The van der Waals surface area contributed by atoms with Crippen molar-refractivity contribution >= 4 is 45.9 Å². The Bertz CT molecular complexity index is 968. The predicted molar refractivity (Wildman–Crippen MR) is 112 cm³/mol. The number of urea groups is 1. The van der Waals surface area contributed by atoms with Gasteiger partial charge in [0.05, 0.1) is 0 Å². The first-order valence-electron chi connectivity index (χ1n) is 8.69. The molecule has 2 aromatic carbocycles. The number of hydrogen-bond donors (Lipinski definition) is 3. The lowest BCUT2D eigenvalue weighted by Gasteiger charge is -2.06. The summed E-state index contributed by atoms with van der Waals surface area (Å²) in [5, 5.41) is 16.4. The number of imide groups is 1. The van der Waals surface area contributed by atoms with Crippen molar-refractivity contribution in [2.24, 2.45) is 0 Å². The van der Waals surface area contributed by atoms with Crippen LogP contribution >= 0.6 is 23.1 Å². The maximum atomic E-state index is 13.2. The molecule has 0 fully saturated rings. The van der Waals surface area contributed by atoms with E-state index in [0.717, 1.165) is 5.56 Å². The van der Waals surface area contributed by atoms with Gasteiger partial charge in [0.2, 0.25) is 11.0 Å². The Kier molecular flexibility index (Phi) is 7.54. The van der Waals surface area contributed by atoms with E-state index in [2.05, 4.69) is 26.1 Å². The van der Waals surface area contributed by atoms with Crippen molar-refractivity contribution in [2.45, 2.75) is 17.3 Å². The molecule has 1 aromatic heterocycles. The molecule has 0 radical (unpaired) electrons. The van der Waals surface area contributed by atoms with Crippen LogP contribution in [0.4, 0.5) is 20.0 Å². The molecule has 0 atom stereocenters. The molecule has 0 aliphatic heterocycles. The van der Waals surface area contributed by atoms with Gasteiger partial charge in [-0.3, -0.25) is 10.1 Å². The lowest BCUT2D eigenvalue weighted by molar-refractivity contribution is -0.119. The second-order valence-corrected chi connectivity index (χ2v) is 8.14. The predicted octanol–water partition coefficient (Wildman–Crippen LogP) is 3.93.